The molecule has 2 rings (SSSR count). The van der Waals surface area contributed by atoms with Crippen LogP contribution in [-0.4, -0.2) is 61.9 Å². The summed E-state index contributed by atoms with van der Waals surface area (Å²) in [4.78, 5) is 38.8. The van der Waals surface area contributed by atoms with Gasteiger partial charge in [0.2, 0.25) is 0 Å². The summed E-state index contributed by atoms with van der Waals surface area (Å²) in [6, 6.07) is 13.7. The number of carbonyl (C=O) groups excluding carboxylic acids is 3. The molecule has 248 valence electrons. The number of benzene rings is 2. The van der Waals surface area contributed by atoms with E-state index < -0.39 is 5.54 Å². The van der Waals surface area contributed by atoms with Gasteiger partial charge >= 0.3 is 0 Å². The van der Waals surface area contributed by atoms with Gasteiger partial charge in [0.05, 0.1) is 24.2 Å². The summed E-state index contributed by atoms with van der Waals surface area (Å²) in [6.07, 6.45) is 8.83. The van der Waals surface area contributed by atoms with Crippen LogP contribution in [0, 0.1) is 5.92 Å². The molecule has 1 N–H and O–H groups in total. The Morgan fingerprint density at radius 3 is 2.20 bits per heavy atom. The number of aldehydes is 1. The highest BCUT2D eigenvalue weighted by Crippen LogP contribution is 2.26. The van der Waals surface area contributed by atoms with Crippen molar-refractivity contribution < 1.29 is 23.9 Å². The Bertz CT molecular complexity index is 1200. The molecule has 0 aromatic heterocycles. The van der Waals surface area contributed by atoms with E-state index in [-0.39, 0.29) is 17.5 Å². The van der Waals surface area contributed by atoms with Crippen LogP contribution < -0.4 is 10.2 Å². The zero-order valence-electron chi connectivity index (χ0n) is 28.1. The van der Waals surface area contributed by atoms with E-state index in [1.54, 1.807) is 11.6 Å². The maximum Gasteiger partial charge on any atom is 0.166 e. The third-order valence-electron chi connectivity index (χ3n) is 8.29. The van der Waals surface area contributed by atoms with Crippen molar-refractivity contribution in [2.75, 3.05) is 43.2 Å². The standard InChI is InChI=1S/C37H54N2O5S/c1-6-14-35(41)37(4,5)39(28-45)31-20-18-30(19-21-31)15-9-12-24-44-26-25-43-23-11-8-10-22-38-34-17-13-16-32(33(34)27-40)36(42)29(3)7-2/h13,16-21,27-29,38H,6-12,14-15,22-26H2,1-5H3. The molecule has 1 atom stereocenters. The molecule has 45 heavy (non-hydrogen) atoms. The monoisotopic (exact) mass is 638 g/mol. The average Bonchev–Trinajstić information content (AvgIpc) is 3.04. The van der Waals surface area contributed by atoms with Gasteiger partial charge in [-0.2, -0.15) is 0 Å². The molecule has 2 aromatic carbocycles. The number of anilines is 2. The van der Waals surface area contributed by atoms with E-state index in [0.29, 0.717) is 44.0 Å². The highest BCUT2D eigenvalue weighted by Gasteiger charge is 2.32. The van der Waals surface area contributed by atoms with Gasteiger partial charge in [-0.25, -0.2) is 0 Å². The number of ketones is 2. The smallest absolute Gasteiger partial charge is 0.166 e. The maximum atomic E-state index is 12.6. The van der Waals surface area contributed by atoms with Crippen molar-refractivity contribution in [2.45, 2.75) is 97.9 Å². The fourth-order valence-corrected chi connectivity index (χ4v) is 5.49. The first-order valence-corrected chi connectivity index (χ1v) is 17.1. The maximum absolute atomic E-state index is 12.6. The van der Waals surface area contributed by atoms with Crippen LogP contribution in [0.5, 0.6) is 0 Å². The second-order valence-electron chi connectivity index (χ2n) is 12.1. The number of hydrogen-bond acceptors (Lipinski definition) is 7. The van der Waals surface area contributed by atoms with Crippen LogP contribution in [0.4, 0.5) is 11.4 Å². The second-order valence-corrected chi connectivity index (χ2v) is 12.3. The van der Waals surface area contributed by atoms with Crippen molar-refractivity contribution in [2.24, 2.45) is 5.92 Å². The van der Waals surface area contributed by atoms with Crippen LogP contribution in [0.15, 0.2) is 42.5 Å². The van der Waals surface area contributed by atoms with E-state index in [9.17, 15) is 14.4 Å². The van der Waals surface area contributed by atoms with Crippen LogP contribution in [-0.2, 0) is 20.7 Å². The molecular weight excluding hydrogens is 584 g/mol. The van der Waals surface area contributed by atoms with Crippen LogP contribution in [0.3, 0.4) is 0 Å². The van der Waals surface area contributed by atoms with E-state index in [1.165, 1.54) is 5.56 Å². The lowest BCUT2D eigenvalue weighted by Crippen LogP contribution is -2.49. The first-order valence-electron chi connectivity index (χ1n) is 16.6. The molecule has 0 aliphatic carbocycles. The van der Waals surface area contributed by atoms with E-state index in [1.807, 2.05) is 63.8 Å². The van der Waals surface area contributed by atoms with Crippen molar-refractivity contribution in [3.63, 3.8) is 0 Å². The van der Waals surface area contributed by atoms with E-state index >= 15 is 0 Å². The minimum atomic E-state index is -0.661. The predicted molar refractivity (Wildman–Crippen MR) is 189 cm³/mol. The minimum absolute atomic E-state index is 0.0173. The summed E-state index contributed by atoms with van der Waals surface area (Å²) in [6.45, 7) is 13.1. The summed E-state index contributed by atoms with van der Waals surface area (Å²) in [7, 11) is 0. The molecule has 0 bridgehead atoms. The van der Waals surface area contributed by atoms with Crippen molar-refractivity contribution in [3.8, 4) is 0 Å². The van der Waals surface area contributed by atoms with Gasteiger partial charge in [0.25, 0.3) is 0 Å². The number of Topliss-reactive ketones (excluding diaryl/α,β-unsaturated/α-hetero) is 2. The normalized spacial score (nSPS) is 12.0. The SMILES string of the molecule is CCCC(=O)C(C)(C)N(C=S)c1ccc(CCCCOCCOCCCCCNc2cccc(C(=O)C(C)CC)c2C=O)cc1. The molecule has 0 radical (unpaired) electrons. The van der Waals surface area contributed by atoms with Gasteiger partial charge in [0.15, 0.2) is 17.9 Å². The number of nitrogens with zero attached hydrogens (tertiary/aromatic N) is 1. The lowest BCUT2D eigenvalue weighted by atomic mass is 9.93. The van der Waals surface area contributed by atoms with Crippen molar-refractivity contribution in [1.29, 1.82) is 0 Å². The number of ether oxygens (including phenoxy) is 2. The Morgan fingerprint density at radius 2 is 1.60 bits per heavy atom. The van der Waals surface area contributed by atoms with E-state index in [4.69, 9.17) is 21.7 Å². The van der Waals surface area contributed by atoms with Crippen LogP contribution >= 0.6 is 12.2 Å². The molecule has 0 amide bonds. The fraction of sp³-hybridized carbons (Fsp3) is 0.568. The van der Waals surface area contributed by atoms with Gasteiger partial charge in [-0.15, -0.1) is 0 Å². The van der Waals surface area contributed by atoms with Crippen molar-refractivity contribution in [1.82, 2.24) is 0 Å². The molecule has 2 aromatic rings. The first-order chi connectivity index (χ1) is 21.7. The number of aryl methyl sites for hydroxylation is 1. The highest BCUT2D eigenvalue weighted by molar-refractivity contribution is 7.79. The van der Waals surface area contributed by atoms with Gasteiger partial charge in [-0.05, 0) is 89.0 Å². The molecule has 1 unspecified atom stereocenters. The summed E-state index contributed by atoms with van der Waals surface area (Å²) in [5.41, 5.74) is 4.79. The van der Waals surface area contributed by atoms with Crippen LogP contribution in [0.25, 0.3) is 0 Å². The third-order valence-corrected chi connectivity index (χ3v) is 8.50. The lowest BCUT2D eigenvalue weighted by Gasteiger charge is -2.36. The molecule has 7 nitrogen and oxygen atoms in total. The largest absolute Gasteiger partial charge is 0.384 e. The Morgan fingerprint density at radius 1 is 0.933 bits per heavy atom. The van der Waals surface area contributed by atoms with Gasteiger partial charge in [0, 0.05) is 54.6 Å². The molecule has 0 spiro atoms. The van der Waals surface area contributed by atoms with Gasteiger partial charge in [-0.3, -0.25) is 14.4 Å². The third kappa shape index (κ3) is 12.4. The van der Waals surface area contributed by atoms with Crippen LogP contribution in [0.2, 0.25) is 0 Å². The topological polar surface area (TPSA) is 84.9 Å². The Kier molecular flexibility index (Phi) is 17.8. The minimum Gasteiger partial charge on any atom is -0.384 e. The predicted octanol–water partition coefficient (Wildman–Crippen LogP) is 8.28. The summed E-state index contributed by atoms with van der Waals surface area (Å²) >= 11 is 5.25. The van der Waals surface area contributed by atoms with E-state index in [2.05, 4.69) is 17.4 Å². The van der Waals surface area contributed by atoms with Crippen molar-refractivity contribution >= 4 is 46.9 Å². The lowest BCUT2D eigenvalue weighted by molar-refractivity contribution is -0.122. The number of rotatable bonds is 25. The summed E-state index contributed by atoms with van der Waals surface area (Å²) < 4.78 is 11.5. The van der Waals surface area contributed by atoms with Gasteiger partial charge in [-0.1, -0.05) is 57.3 Å². The molecule has 0 heterocycles. The number of nitrogens with one attached hydrogen (secondary N) is 1. The molecule has 0 saturated heterocycles. The first kappa shape index (κ1) is 38.2. The van der Waals surface area contributed by atoms with Gasteiger partial charge < -0.3 is 19.7 Å². The van der Waals surface area contributed by atoms with E-state index in [0.717, 1.165) is 75.6 Å². The molecule has 0 aliphatic rings. The van der Waals surface area contributed by atoms with Crippen LogP contribution in [0.1, 0.15) is 112 Å². The molecular formula is C37H54N2O5S. The highest BCUT2D eigenvalue weighted by atomic mass is 32.1. The Balaban J connectivity index is 1.54. The van der Waals surface area contributed by atoms with Gasteiger partial charge in [0.1, 0.15) is 0 Å². The zero-order valence-corrected chi connectivity index (χ0v) is 28.9. The number of unbranched alkanes of at least 4 members (excludes halogenated alkanes) is 3. The quantitative estimate of drug-likeness (QED) is 0.0504. The second kappa shape index (κ2) is 21.0. The number of carbonyl (C=O) groups is 3. The van der Waals surface area contributed by atoms with Crippen molar-refractivity contribution in [3.05, 3.63) is 59.2 Å². The molecule has 0 saturated carbocycles. The number of thiocarbonyl (C=S) groups is 1. The molecule has 0 fully saturated rings. The zero-order chi connectivity index (χ0) is 33.1. The number of hydrogen-bond donors (Lipinski definition) is 1. The molecule has 8 heteroatoms. The Hall–Kier alpha value is -2.94. The Labute approximate surface area is 276 Å². The summed E-state index contributed by atoms with van der Waals surface area (Å²) in [5, 5.41) is 3.32. The molecule has 0 aliphatic heterocycles. The summed E-state index contributed by atoms with van der Waals surface area (Å²) in [5.74, 6) is 0.107. The average molecular weight is 639 g/mol. The fourth-order valence-electron chi connectivity index (χ4n) is 5.10.